The Morgan fingerprint density at radius 1 is 1.20 bits per heavy atom. The number of nitrogens with one attached hydrogen (secondary N) is 1. The first kappa shape index (κ1) is 42.5. The summed E-state index contributed by atoms with van der Waals surface area (Å²) in [4.78, 5) is 30.5. The number of alkyl halides is 2. The number of likely N-dealkylation sites (tertiary alicyclic amines) is 1. The fourth-order valence-corrected chi connectivity index (χ4v) is 9.11. The minimum atomic E-state index is -2.64. The van der Waals surface area contributed by atoms with E-state index in [2.05, 4.69) is 28.7 Å². The average Bonchev–Trinajstić information content (AvgIpc) is 3.28. The number of amides is 2. The van der Waals surface area contributed by atoms with E-state index in [0.29, 0.717) is 75.2 Å². The van der Waals surface area contributed by atoms with Gasteiger partial charge in [-0.2, -0.15) is 0 Å². The van der Waals surface area contributed by atoms with Gasteiger partial charge in [0.15, 0.2) is 17.3 Å². The molecule has 3 fully saturated rings. The predicted octanol–water partition coefficient (Wildman–Crippen LogP) is 5.50. The minimum Gasteiger partial charge on any atom is -0.491 e. The van der Waals surface area contributed by atoms with Gasteiger partial charge in [0, 0.05) is 64.2 Å². The second-order valence-electron chi connectivity index (χ2n) is 15.7. The van der Waals surface area contributed by atoms with Crippen molar-refractivity contribution in [1.82, 2.24) is 18.8 Å². The van der Waals surface area contributed by atoms with Crippen LogP contribution in [0.25, 0.3) is 0 Å². The summed E-state index contributed by atoms with van der Waals surface area (Å²) in [6, 6.07) is 11.3. The highest BCUT2D eigenvalue weighted by atomic mass is 35.5. The summed E-state index contributed by atoms with van der Waals surface area (Å²) in [5.74, 6) is -2.37. The van der Waals surface area contributed by atoms with Crippen LogP contribution in [-0.2, 0) is 31.9 Å². The SMILES string of the molecule is CCCc1cc(Cl)ccc1C1COc2ccc(C(O)C(=O)NS(=O)N3CCC3)cc2N(CC2CCC2C(/C=C/CCN(C)C(C)=O)OCCN2CC(F)(F)C2)C1. The standard InChI is InChI=1S/C41H56ClF2N5O6S/c1-4-8-29-21-33(42)12-14-34(29)32-24-48(36-22-30(11-15-38(36)55-25-32)39(51)40(52)45-56(53)49-17-7-18-49)23-31-10-13-35(31)37(9-5-6-16-46(3)28(2)50)54-20-19-47-26-41(43,44)27-47/h5,9,11-12,14-15,21-22,31-32,35,37,39,51H,4,6-8,10,13,16-20,23-27H2,1-3H3,(H,45,52)/b9-5+. The Morgan fingerprint density at radius 2 is 1.98 bits per heavy atom. The van der Waals surface area contributed by atoms with Gasteiger partial charge < -0.3 is 24.4 Å². The Hall–Kier alpha value is -3.14. The average molecular weight is 820 g/mol. The van der Waals surface area contributed by atoms with Crippen LogP contribution in [0.15, 0.2) is 48.6 Å². The third-order valence-electron chi connectivity index (χ3n) is 11.5. The molecule has 3 heterocycles. The van der Waals surface area contributed by atoms with Crippen molar-refractivity contribution in [3.05, 3.63) is 70.3 Å². The molecule has 2 aromatic rings. The normalized spacial score (nSPS) is 23.8. The van der Waals surface area contributed by atoms with Gasteiger partial charge in [-0.3, -0.25) is 19.2 Å². The lowest BCUT2D eigenvalue weighted by Gasteiger charge is -2.44. The second kappa shape index (κ2) is 19.1. The molecular weight excluding hydrogens is 764 g/mol. The Morgan fingerprint density at radius 3 is 2.64 bits per heavy atom. The molecule has 6 unspecified atom stereocenters. The molecule has 4 aliphatic rings. The number of benzene rings is 2. The molecule has 11 nitrogen and oxygen atoms in total. The zero-order chi connectivity index (χ0) is 40.0. The van der Waals surface area contributed by atoms with Crippen molar-refractivity contribution in [3.8, 4) is 5.75 Å². The lowest BCUT2D eigenvalue weighted by atomic mass is 9.70. The molecule has 0 bridgehead atoms. The van der Waals surface area contributed by atoms with Crippen molar-refractivity contribution in [3.63, 3.8) is 0 Å². The molecular formula is C41H56ClF2N5O6S. The first-order valence-electron chi connectivity index (χ1n) is 19.9. The van der Waals surface area contributed by atoms with Gasteiger partial charge in [-0.1, -0.05) is 49.2 Å². The molecule has 2 amide bonds. The molecule has 6 rings (SSSR count). The van der Waals surface area contributed by atoms with Crippen LogP contribution in [0, 0.1) is 11.8 Å². The van der Waals surface area contributed by atoms with Crippen LogP contribution in [0.1, 0.15) is 74.7 Å². The van der Waals surface area contributed by atoms with E-state index in [4.69, 9.17) is 21.1 Å². The summed E-state index contributed by atoms with van der Waals surface area (Å²) in [6.45, 7) is 7.45. The van der Waals surface area contributed by atoms with E-state index < -0.39 is 29.1 Å². The van der Waals surface area contributed by atoms with Crippen molar-refractivity contribution >= 4 is 40.3 Å². The van der Waals surface area contributed by atoms with Gasteiger partial charge in [-0.15, -0.1) is 0 Å². The van der Waals surface area contributed by atoms with E-state index in [1.54, 1.807) is 39.4 Å². The van der Waals surface area contributed by atoms with Crippen molar-refractivity contribution < 1.29 is 37.2 Å². The minimum absolute atomic E-state index is 0.00442. The van der Waals surface area contributed by atoms with Gasteiger partial charge in [0.05, 0.1) is 38.1 Å². The third-order valence-corrected chi connectivity index (χ3v) is 13.0. The summed E-state index contributed by atoms with van der Waals surface area (Å²) >= 11 is 4.75. The smallest absolute Gasteiger partial charge is 0.272 e. The van der Waals surface area contributed by atoms with Crippen molar-refractivity contribution in [2.45, 2.75) is 76.4 Å². The van der Waals surface area contributed by atoms with Crippen molar-refractivity contribution in [1.29, 1.82) is 0 Å². The van der Waals surface area contributed by atoms with Crippen LogP contribution in [0.5, 0.6) is 5.75 Å². The lowest BCUT2D eigenvalue weighted by Crippen LogP contribution is -2.57. The highest BCUT2D eigenvalue weighted by molar-refractivity contribution is 7.81. The Bertz CT molecular complexity index is 1740. The van der Waals surface area contributed by atoms with Gasteiger partial charge >= 0.3 is 0 Å². The second-order valence-corrected chi connectivity index (χ2v) is 17.3. The van der Waals surface area contributed by atoms with E-state index in [9.17, 15) is 27.7 Å². The molecule has 56 heavy (non-hydrogen) atoms. The monoisotopic (exact) mass is 819 g/mol. The van der Waals surface area contributed by atoms with Gasteiger partial charge in [0.2, 0.25) is 5.91 Å². The van der Waals surface area contributed by atoms with Gasteiger partial charge in [0.25, 0.3) is 11.8 Å². The first-order chi connectivity index (χ1) is 26.8. The number of halogens is 3. The van der Waals surface area contributed by atoms with E-state index in [1.165, 1.54) is 18.1 Å². The number of hydrogen-bond donors (Lipinski definition) is 2. The highest BCUT2D eigenvalue weighted by Gasteiger charge is 2.44. The van der Waals surface area contributed by atoms with Gasteiger partial charge in [-0.05, 0) is 84.9 Å². The number of ether oxygens (including phenoxy) is 2. The first-order valence-corrected chi connectivity index (χ1v) is 21.4. The fourth-order valence-electron chi connectivity index (χ4n) is 7.91. The summed E-state index contributed by atoms with van der Waals surface area (Å²) in [5.41, 5.74) is 3.48. The highest BCUT2D eigenvalue weighted by Crippen LogP contribution is 2.44. The van der Waals surface area contributed by atoms with E-state index in [1.807, 2.05) is 18.2 Å². The van der Waals surface area contributed by atoms with Crippen molar-refractivity contribution in [2.75, 3.05) is 77.5 Å². The van der Waals surface area contributed by atoms with Crippen LogP contribution >= 0.6 is 11.6 Å². The van der Waals surface area contributed by atoms with Crippen LogP contribution in [-0.4, -0.2) is 120 Å². The number of rotatable bonds is 18. The van der Waals surface area contributed by atoms with Crippen LogP contribution in [0.3, 0.4) is 0 Å². The number of anilines is 1. The predicted molar refractivity (Wildman–Crippen MR) is 214 cm³/mol. The summed E-state index contributed by atoms with van der Waals surface area (Å²) < 4.78 is 56.7. The van der Waals surface area contributed by atoms with E-state index >= 15 is 0 Å². The topological polar surface area (TPSA) is 115 Å². The molecule has 0 radical (unpaired) electrons. The van der Waals surface area contributed by atoms with E-state index in [-0.39, 0.29) is 42.9 Å². The summed E-state index contributed by atoms with van der Waals surface area (Å²) in [6.07, 6.45) is 7.63. The number of hydrogen-bond acceptors (Lipinski definition) is 8. The number of aliphatic hydroxyl groups excluding tert-OH is 1. The van der Waals surface area contributed by atoms with Crippen LogP contribution in [0.2, 0.25) is 5.02 Å². The fraction of sp³-hybridized carbons (Fsp3) is 0.610. The molecule has 2 N–H and O–H groups in total. The molecule has 3 aliphatic heterocycles. The van der Waals surface area contributed by atoms with Crippen LogP contribution < -0.4 is 14.4 Å². The number of aryl methyl sites for hydroxylation is 1. The van der Waals surface area contributed by atoms with Crippen molar-refractivity contribution in [2.24, 2.45) is 11.8 Å². The molecule has 0 spiro atoms. The molecule has 6 atom stereocenters. The number of nitrogens with zero attached hydrogens (tertiary/aromatic N) is 4. The molecule has 308 valence electrons. The molecule has 2 aromatic carbocycles. The lowest BCUT2D eigenvalue weighted by molar-refractivity contribution is -0.138. The third kappa shape index (κ3) is 10.7. The van der Waals surface area contributed by atoms with E-state index in [0.717, 1.165) is 37.8 Å². The Labute approximate surface area is 337 Å². The summed E-state index contributed by atoms with van der Waals surface area (Å²) in [5, 5.41) is 11.9. The van der Waals surface area contributed by atoms with Gasteiger partial charge in [0.1, 0.15) is 5.75 Å². The Kier molecular flexibility index (Phi) is 14.5. The maximum Gasteiger partial charge on any atom is 0.272 e. The number of aliphatic hydroxyl groups is 1. The quantitative estimate of drug-likeness (QED) is 0.190. The Balaban J connectivity index is 1.24. The maximum absolute atomic E-state index is 13.5. The molecule has 2 saturated heterocycles. The zero-order valence-electron chi connectivity index (χ0n) is 32.6. The zero-order valence-corrected chi connectivity index (χ0v) is 34.2. The molecule has 1 aliphatic carbocycles. The largest absolute Gasteiger partial charge is 0.491 e. The number of carbonyl (C=O) groups excluding carboxylic acids is 2. The number of carbonyl (C=O) groups is 2. The van der Waals surface area contributed by atoms with Crippen LogP contribution in [0.4, 0.5) is 14.5 Å². The molecule has 1 saturated carbocycles. The summed E-state index contributed by atoms with van der Waals surface area (Å²) in [7, 11) is 1.77. The van der Waals surface area contributed by atoms with Gasteiger partial charge in [-0.25, -0.2) is 17.3 Å². The number of fused-ring (bicyclic) bond motifs is 1. The molecule has 0 aromatic heterocycles. The molecule has 15 heteroatoms. The maximum atomic E-state index is 13.5.